The third-order valence-electron chi connectivity index (χ3n) is 6.13. The quantitative estimate of drug-likeness (QED) is 0.252. The van der Waals surface area contributed by atoms with Crippen molar-refractivity contribution in [1.29, 1.82) is 0 Å². The monoisotopic (exact) mass is 468 g/mol. The lowest BCUT2D eigenvalue weighted by atomic mass is 10.2. The zero-order valence-corrected chi connectivity index (χ0v) is 20.6. The standard InChI is InChI=1S/C25H30BrPSi/c1-4-28(5-2,6-3)20-21-19-22(26)17-18-25(21)27(23-13-9-7-10-14-23)24-15-11-8-12-16-24/h7-19H,4-6,20H2,1-3H3. The summed E-state index contributed by atoms with van der Waals surface area (Å²) < 4.78 is 1.20. The van der Waals surface area contributed by atoms with Crippen LogP contribution in [0.5, 0.6) is 0 Å². The first-order valence-corrected chi connectivity index (χ1v) is 15.3. The van der Waals surface area contributed by atoms with Crippen molar-refractivity contribution in [1.82, 2.24) is 0 Å². The Labute approximate surface area is 181 Å². The molecule has 0 saturated heterocycles. The van der Waals surface area contributed by atoms with Crippen LogP contribution in [0, 0.1) is 0 Å². The van der Waals surface area contributed by atoms with Crippen molar-refractivity contribution in [3.05, 3.63) is 88.9 Å². The summed E-state index contributed by atoms with van der Waals surface area (Å²) in [7, 11) is -1.82. The largest absolute Gasteiger partial charge is 0.0678 e. The predicted octanol–water partition coefficient (Wildman–Crippen LogP) is 6.80. The van der Waals surface area contributed by atoms with E-state index in [0.29, 0.717) is 0 Å². The highest BCUT2D eigenvalue weighted by molar-refractivity contribution is 9.10. The van der Waals surface area contributed by atoms with E-state index >= 15 is 0 Å². The second-order valence-corrected chi connectivity index (χ2v) is 16.1. The van der Waals surface area contributed by atoms with E-state index in [9.17, 15) is 0 Å². The first-order chi connectivity index (χ1) is 13.6. The second kappa shape index (κ2) is 10.0. The third-order valence-corrected chi connectivity index (χ3v) is 14.8. The van der Waals surface area contributed by atoms with Crippen LogP contribution in [0.2, 0.25) is 18.1 Å². The van der Waals surface area contributed by atoms with Crippen LogP contribution in [0.15, 0.2) is 83.3 Å². The van der Waals surface area contributed by atoms with Crippen molar-refractivity contribution in [2.75, 3.05) is 0 Å². The van der Waals surface area contributed by atoms with Crippen LogP contribution in [-0.2, 0) is 6.04 Å². The van der Waals surface area contributed by atoms with Crippen molar-refractivity contribution in [2.24, 2.45) is 0 Å². The molecule has 146 valence electrons. The molecule has 0 N–H and O–H groups in total. The predicted molar refractivity (Wildman–Crippen MR) is 134 cm³/mol. The van der Waals surface area contributed by atoms with Gasteiger partial charge in [-0.25, -0.2) is 0 Å². The van der Waals surface area contributed by atoms with E-state index in [1.54, 1.807) is 5.56 Å². The van der Waals surface area contributed by atoms with Gasteiger partial charge in [0.05, 0.1) is 8.07 Å². The van der Waals surface area contributed by atoms with E-state index in [1.807, 2.05) is 0 Å². The van der Waals surface area contributed by atoms with Crippen LogP contribution in [0.25, 0.3) is 0 Å². The normalized spacial score (nSPS) is 11.8. The van der Waals surface area contributed by atoms with Crippen molar-refractivity contribution < 1.29 is 0 Å². The maximum absolute atomic E-state index is 3.75. The first-order valence-electron chi connectivity index (χ1n) is 10.3. The van der Waals surface area contributed by atoms with E-state index in [0.717, 1.165) is 0 Å². The molecule has 28 heavy (non-hydrogen) atoms. The zero-order valence-electron chi connectivity index (χ0n) is 17.2. The Hall–Kier alpha value is -1.21. The molecule has 0 bridgehead atoms. The van der Waals surface area contributed by atoms with Gasteiger partial charge in [-0.15, -0.1) is 0 Å². The molecule has 0 heterocycles. The fourth-order valence-electron chi connectivity index (χ4n) is 4.02. The molecule has 3 rings (SSSR count). The summed E-state index contributed by atoms with van der Waals surface area (Å²) in [6, 6.07) is 34.5. The molecule has 3 aromatic carbocycles. The van der Waals surface area contributed by atoms with Crippen LogP contribution in [0.4, 0.5) is 0 Å². The van der Waals surface area contributed by atoms with Crippen molar-refractivity contribution in [2.45, 2.75) is 44.9 Å². The molecule has 0 amide bonds. The van der Waals surface area contributed by atoms with Gasteiger partial charge in [0, 0.05) is 4.47 Å². The van der Waals surface area contributed by atoms with Gasteiger partial charge in [-0.2, -0.15) is 0 Å². The average Bonchev–Trinajstić information content (AvgIpc) is 2.75. The Balaban J connectivity index is 2.16. The molecule has 0 aliphatic heterocycles. The van der Waals surface area contributed by atoms with Crippen molar-refractivity contribution in [3.63, 3.8) is 0 Å². The molecule has 0 saturated carbocycles. The average molecular weight is 469 g/mol. The van der Waals surface area contributed by atoms with Crippen LogP contribution >= 0.6 is 23.9 Å². The number of rotatable bonds is 8. The smallest absolute Gasteiger partial charge is 0.0571 e. The maximum atomic E-state index is 3.75. The minimum absolute atomic E-state index is 0.546. The zero-order chi connectivity index (χ0) is 20.0. The van der Waals surface area contributed by atoms with Crippen LogP contribution in [-0.4, -0.2) is 8.07 Å². The van der Waals surface area contributed by atoms with E-state index in [2.05, 4.69) is 116 Å². The van der Waals surface area contributed by atoms with Crippen LogP contribution < -0.4 is 15.9 Å². The van der Waals surface area contributed by atoms with Gasteiger partial charge in [-0.1, -0.05) is 122 Å². The highest BCUT2D eigenvalue weighted by Crippen LogP contribution is 2.36. The van der Waals surface area contributed by atoms with E-state index in [1.165, 1.54) is 44.6 Å². The fraction of sp³-hybridized carbons (Fsp3) is 0.280. The first kappa shape index (κ1) is 21.5. The minimum Gasteiger partial charge on any atom is -0.0678 e. The molecule has 0 aliphatic carbocycles. The number of halogens is 1. The fourth-order valence-corrected chi connectivity index (χ4v) is 10.4. The van der Waals surface area contributed by atoms with Gasteiger partial charge in [0.25, 0.3) is 0 Å². The molecule has 3 aromatic rings. The molecule has 3 heteroatoms. The van der Waals surface area contributed by atoms with Crippen molar-refractivity contribution >= 4 is 47.8 Å². The van der Waals surface area contributed by atoms with Crippen LogP contribution in [0.3, 0.4) is 0 Å². The molecule has 0 atom stereocenters. The molecule has 0 unspecified atom stereocenters. The Bertz CT molecular complexity index is 828. The van der Waals surface area contributed by atoms with Gasteiger partial charge in [0.2, 0.25) is 0 Å². The molecule has 0 nitrogen and oxygen atoms in total. The lowest BCUT2D eigenvalue weighted by Gasteiger charge is -2.31. The number of hydrogen-bond donors (Lipinski definition) is 0. The lowest BCUT2D eigenvalue weighted by molar-refractivity contribution is 1.10. The minimum atomic E-state index is -1.27. The Morgan fingerprint density at radius 3 is 1.68 bits per heavy atom. The molecule has 0 spiro atoms. The van der Waals surface area contributed by atoms with Gasteiger partial charge >= 0.3 is 0 Å². The number of benzene rings is 3. The summed E-state index contributed by atoms with van der Waals surface area (Å²) >= 11 is 3.75. The van der Waals surface area contributed by atoms with Crippen molar-refractivity contribution in [3.8, 4) is 0 Å². The topological polar surface area (TPSA) is 0 Å². The summed E-state index contributed by atoms with van der Waals surface area (Å²) in [6.07, 6.45) is 0. The number of hydrogen-bond acceptors (Lipinski definition) is 0. The van der Waals surface area contributed by atoms with E-state index in [-0.39, 0.29) is 0 Å². The van der Waals surface area contributed by atoms with Gasteiger partial charge in [0.1, 0.15) is 0 Å². The Kier molecular flexibility index (Phi) is 7.68. The molecule has 0 radical (unpaired) electrons. The molecule has 0 aromatic heterocycles. The summed E-state index contributed by atoms with van der Waals surface area (Å²) in [5.74, 6) is 0. The summed E-state index contributed by atoms with van der Waals surface area (Å²) in [5.41, 5.74) is 1.56. The maximum Gasteiger partial charge on any atom is 0.0571 e. The molecular weight excluding hydrogens is 439 g/mol. The Morgan fingerprint density at radius 1 is 0.714 bits per heavy atom. The highest BCUT2D eigenvalue weighted by Gasteiger charge is 2.29. The summed E-state index contributed by atoms with van der Waals surface area (Å²) in [6.45, 7) is 7.23. The third kappa shape index (κ3) is 4.85. The SMILES string of the molecule is CC[Si](CC)(CC)Cc1cc(Br)ccc1P(c1ccccc1)c1ccccc1. The molecule has 0 aliphatic rings. The van der Waals surface area contributed by atoms with Gasteiger partial charge in [-0.3, -0.25) is 0 Å². The second-order valence-electron chi connectivity index (χ2n) is 7.52. The van der Waals surface area contributed by atoms with Gasteiger partial charge in [-0.05, 0) is 47.6 Å². The highest BCUT2D eigenvalue weighted by atomic mass is 79.9. The lowest BCUT2D eigenvalue weighted by Crippen LogP contribution is -2.37. The van der Waals surface area contributed by atoms with E-state index in [4.69, 9.17) is 0 Å². The molecule has 0 fully saturated rings. The van der Waals surface area contributed by atoms with Gasteiger partial charge in [0.15, 0.2) is 0 Å². The summed E-state index contributed by atoms with van der Waals surface area (Å²) in [4.78, 5) is 0. The van der Waals surface area contributed by atoms with Crippen LogP contribution in [0.1, 0.15) is 26.3 Å². The van der Waals surface area contributed by atoms with E-state index < -0.39 is 16.0 Å². The Morgan fingerprint density at radius 2 is 1.21 bits per heavy atom. The molecular formula is C25H30BrPSi. The van der Waals surface area contributed by atoms with Gasteiger partial charge < -0.3 is 0 Å². The summed E-state index contributed by atoms with van der Waals surface area (Å²) in [5, 5.41) is 4.40.